The average molecular weight is 679 g/mol. The lowest BCUT2D eigenvalue weighted by Crippen LogP contribution is -2.43. The third kappa shape index (κ3) is 4.58. The highest BCUT2D eigenvalue weighted by Crippen LogP contribution is 2.56. The average Bonchev–Trinajstić information content (AvgIpc) is 3.79. The molecule has 1 aliphatic carbocycles. The molecule has 16 heteroatoms. The predicted octanol–water partition coefficient (Wildman–Crippen LogP) is 6.74. The molecule has 1 saturated carbocycles. The van der Waals surface area contributed by atoms with Gasteiger partial charge in [0.05, 0.1) is 46.8 Å². The molecule has 1 aliphatic heterocycles. The number of aromatic nitrogens is 3. The summed E-state index contributed by atoms with van der Waals surface area (Å²) in [5, 5.41) is 18.8. The van der Waals surface area contributed by atoms with E-state index in [1.54, 1.807) is 24.0 Å². The van der Waals surface area contributed by atoms with Crippen LogP contribution in [0.4, 0.5) is 38.6 Å². The lowest BCUT2D eigenvalue weighted by atomic mass is 9.91. The molecular formula is C32H23F5N8O2S. The van der Waals surface area contributed by atoms with Crippen LogP contribution in [0.5, 0.6) is 11.8 Å². The molecule has 0 spiro atoms. The van der Waals surface area contributed by atoms with Crippen LogP contribution in [0.15, 0.2) is 30.5 Å². The van der Waals surface area contributed by atoms with Crippen molar-refractivity contribution in [2.24, 2.45) is 11.8 Å². The number of hydrogen-bond donors (Lipinski definition) is 2. The van der Waals surface area contributed by atoms with E-state index in [9.17, 15) is 14.9 Å². The lowest BCUT2D eigenvalue weighted by molar-refractivity contribution is -0.138. The van der Waals surface area contributed by atoms with Gasteiger partial charge in [0.1, 0.15) is 52.0 Å². The summed E-state index contributed by atoms with van der Waals surface area (Å²) in [7, 11) is 1.22. The summed E-state index contributed by atoms with van der Waals surface area (Å²) in [6.45, 7) is 1.38. The Balaban J connectivity index is 1.62. The van der Waals surface area contributed by atoms with Gasteiger partial charge in [-0.1, -0.05) is 12.1 Å². The van der Waals surface area contributed by atoms with Gasteiger partial charge in [-0.05, 0) is 37.0 Å². The number of hydrogen-bond acceptors (Lipinski definition) is 11. The van der Waals surface area contributed by atoms with Crippen molar-refractivity contribution in [3.8, 4) is 35.0 Å². The molecule has 4 atom stereocenters. The second-order valence-electron chi connectivity index (χ2n) is 11.5. The van der Waals surface area contributed by atoms with Crippen molar-refractivity contribution in [2.75, 3.05) is 30.1 Å². The van der Waals surface area contributed by atoms with E-state index in [1.807, 2.05) is 6.07 Å². The summed E-state index contributed by atoms with van der Waals surface area (Å²) in [5.41, 5.74) is 8.89. The molecule has 2 aromatic carbocycles. The van der Waals surface area contributed by atoms with Crippen molar-refractivity contribution in [2.45, 2.75) is 31.6 Å². The molecule has 4 heterocycles. The first-order chi connectivity index (χ1) is 22.9. The SMILES string of the molecule is COc1nc2c3c(c(C(F)(F)F)c(-c4ccc(F)c5sc(N)c(C#N)c45)c(F)c3n1)OCC(C1CC1C#N)N2C(C)c1cccnc1N. The van der Waals surface area contributed by atoms with Gasteiger partial charge in [-0.25, -0.2) is 13.8 Å². The zero-order chi connectivity index (χ0) is 34.2. The van der Waals surface area contributed by atoms with Crippen molar-refractivity contribution in [1.82, 2.24) is 15.0 Å². The fourth-order valence-corrected chi connectivity index (χ4v) is 7.60. The first-order valence-corrected chi connectivity index (χ1v) is 15.3. The van der Waals surface area contributed by atoms with Crippen LogP contribution in [-0.4, -0.2) is 34.7 Å². The van der Waals surface area contributed by atoms with Gasteiger partial charge >= 0.3 is 12.2 Å². The molecule has 0 saturated heterocycles. The second kappa shape index (κ2) is 11.1. The quantitative estimate of drug-likeness (QED) is 0.191. The number of rotatable bonds is 5. The molecule has 0 amide bonds. The molecule has 0 bridgehead atoms. The highest BCUT2D eigenvalue weighted by molar-refractivity contribution is 7.23. The number of pyridine rings is 1. The van der Waals surface area contributed by atoms with Crippen molar-refractivity contribution in [3.05, 3.63) is 58.8 Å². The van der Waals surface area contributed by atoms with E-state index >= 15 is 17.6 Å². The van der Waals surface area contributed by atoms with Gasteiger partial charge in [0.25, 0.3) is 0 Å². The fraction of sp³-hybridized carbons (Fsp3) is 0.281. The summed E-state index contributed by atoms with van der Waals surface area (Å²) in [6, 6.07) is 7.43. The maximum atomic E-state index is 17.1. The van der Waals surface area contributed by atoms with E-state index in [-0.39, 0.29) is 56.2 Å². The van der Waals surface area contributed by atoms with Gasteiger partial charge in [-0.3, -0.25) is 0 Å². The number of nitrogens with two attached hydrogens (primary N) is 2. The normalized spacial score (nSPS) is 19.4. The van der Waals surface area contributed by atoms with Crippen LogP contribution in [-0.2, 0) is 6.18 Å². The van der Waals surface area contributed by atoms with Gasteiger partial charge in [-0.15, -0.1) is 11.3 Å². The number of alkyl halides is 3. The van der Waals surface area contributed by atoms with E-state index in [2.05, 4.69) is 21.0 Å². The molecule has 7 rings (SSSR count). The molecule has 4 unspecified atom stereocenters. The largest absolute Gasteiger partial charge is 0.490 e. The highest BCUT2D eigenvalue weighted by atomic mass is 32.1. The van der Waals surface area contributed by atoms with E-state index in [4.69, 9.17) is 20.9 Å². The Bertz CT molecular complexity index is 2250. The van der Waals surface area contributed by atoms with Crippen LogP contribution in [0.25, 0.3) is 32.1 Å². The van der Waals surface area contributed by atoms with Crippen LogP contribution < -0.4 is 25.8 Å². The molecule has 0 radical (unpaired) electrons. The summed E-state index contributed by atoms with van der Waals surface area (Å²) in [4.78, 5) is 14.5. The first-order valence-electron chi connectivity index (χ1n) is 14.5. The number of thiophene rings is 1. The molecule has 1 fully saturated rings. The minimum Gasteiger partial charge on any atom is -0.490 e. The smallest absolute Gasteiger partial charge is 0.420 e. The van der Waals surface area contributed by atoms with E-state index in [0.29, 0.717) is 23.3 Å². The number of methoxy groups -OCH3 is 1. The number of nitrogen functional groups attached to an aromatic ring is 2. The van der Waals surface area contributed by atoms with Crippen molar-refractivity contribution in [1.29, 1.82) is 10.5 Å². The summed E-state index contributed by atoms with van der Waals surface area (Å²) in [6.07, 6.45) is -3.32. The number of nitrogens with zero attached hydrogens (tertiary/aromatic N) is 6. The van der Waals surface area contributed by atoms with Crippen LogP contribution in [0.2, 0.25) is 0 Å². The molecule has 10 nitrogen and oxygen atoms in total. The molecule has 3 aromatic heterocycles. The Morgan fingerprint density at radius 2 is 1.92 bits per heavy atom. The zero-order valence-corrected chi connectivity index (χ0v) is 25.9. The minimum atomic E-state index is -5.25. The van der Waals surface area contributed by atoms with Crippen molar-refractivity contribution < 1.29 is 31.4 Å². The summed E-state index contributed by atoms with van der Waals surface area (Å²) in [5.74, 6) is -3.79. The van der Waals surface area contributed by atoms with E-state index in [1.165, 1.54) is 13.3 Å². The Morgan fingerprint density at radius 1 is 1.15 bits per heavy atom. The number of benzene rings is 2. The van der Waals surface area contributed by atoms with E-state index < -0.39 is 63.8 Å². The number of fused-ring (bicyclic) bond motifs is 1. The van der Waals surface area contributed by atoms with Crippen LogP contribution in [0.1, 0.15) is 36.1 Å². The molecule has 5 aromatic rings. The Morgan fingerprint density at radius 3 is 2.56 bits per heavy atom. The van der Waals surface area contributed by atoms with Gasteiger partial charge in [0, 0.05) is 22.7 Å². The molecule has 2 aliphatic rings. The number of anilines is 3. The Labute approximate surface area is 272 Å². The third-order valence-electron chi connectivity index (χ3n) is 8.90. The van der Waals surface area contributed by atoms with Gasteiger partial charge < -0.3 is 25.8 Å². The zero-order valence-electron chi connectivity index (χ0n) is 25.1. The predicted molar refractivity (Wildman–Crippen MR) is 167 cm³/mol. The van der Waals surface area contributed by atoms with E-state index in [0.717, 1.165) is 12.1 Å². The number of nitriles is 2. The monoisotopic (exact) mass is 678 g/mol. The maximum Gasteiger partial charge on any atom is 0.420 e. The van der Waals surface area contributed by atoms with Gasteiger partial charge in [0.2, 0.25) is 0 Å². The first kappa shape index (κ1) is 31.1. The number of halogens is 5. The molecule has 4 N–H and O–H groups in total. The second-order valence-corrected chi connectivity index (χ2v) is 12.5. The van der Waals surface area contributed by atoms with Gasteiger partial charge in [-0.2, -0.15) is 33.7 Å². The minimum absolute atomic E-state index is 0.133. The van der Waals surface area contributed by atoms with Crippen molar-refractivity contribution >= 4 is 49.0 Å². The topological polar surface area (TPSA) is 160 Å². The summed E-state index contributed by atoms with van der Waals surface area (Å²) < 4.78 is 89.4. The van der Waals surface area contributed by atoms with Gasteiger partial charge in [0.15, 0.2) is 5.82 Å². The maximum absolute atomic E-state index is 17.1. The van der Waals surface area contributed by atoms with Crippen LogP contribution in [0.3, 0.4) is 0 Å². The number of ether oxygens (including phenoxy) is 2. The van der Waals surface area contributed by atoms with Crippen LogP contribution >= 0.6 is 11.3 Å². The Kier molecular flexibility index (Phi) is 7.17. The molecular weight excluding hydrogens is 655 g/mol. The molecule has 48 heavy (non-hydrogen) atoms. The fourth-order valence-electron chi connectivity index (χ4n) is 6.65. The third-order valence-corrected chi connectivity index (χ3v) is 9.93. The highest BCUT2D eigenvalue weighted by Gasteiger charge is 2.51. The summed E-state index contributed by atoms with van der Waals surface area (Å²) >= 11 is 0.661. The van der Waals surface area contributed by atoms with Crippen LogP contribution in [0, 0.1) is 46.1 Å². The standard InChI is InChI=1S/C32H23F5N8O2S/c1-12(14-4-3-7-42-28(14)40)45-19(16-8-13(16)9-38)11-47-26-22-25(43-31(46-2)44-30(22)45)24(34)21(23(26)32(35,36)37)15-5-6-18(33)27-20(15)17(10-39)29(41)48-27/h3-7,12-13,16,19H,8,11,41H2,1-2H3,(H2,40,42). The van der Waals surface area contributed by atoms with Crippen molar-refractivity contribution in [3.63, 3.8) is 0 Å². The lowest BCUT2D eigenvalue weighted by Gasteiger charge is -2.37. The Hall–Kier alpha value is -5.48. The molecule has 244 valence electrons.